The molecule has 0 aliphatic heterocycles. The second kappa shape index (κ2) is 6.72. The first kappa shape index (κ1) is 15.5. The van der Waals surface area contributed by atoms with Crippen LogP contribution in [0.3, 0.4) is 0 Å². The monoisotopic (exact) mass is 287 g/mol. The van der Waals surface area contributed by atoms with Gasteiger partial charge in [-0.3, -0.25) is 0 Å². The number of rotatable bonds is 6. The van der Waals surface area contributed by atoms with E-state index in [-0.39, 0.29) is 11.2 Å². The molecule has 1 atom stereocenters. The lowest BCUT2D eigenvalue weighted by Gasteiger charge is -2.29. The molecule has 112 valence electrons. The van der Waals surface area contributed by atoms with Gasteiger partial charge in [-0.15, -0.1) is 0 Å². The number of ether oxygens (including phenoxy) is 1. The average Bonchev–Trinajstić information content (AvgIpc) is 2.50. The zero-order valence-corrected chi connectivity index (χ0v) is 12.6. The maximum absolute atomic E-state index is 13.1. The largest absolute Gasteiger partial charge is 0.494 e. The summed E-state index contributed by atoms with van der Waals surface area (Å²) in [5.41, 5.74) is 7.93. The summed E-state index contributed by atoms with van der Waals surface area (Å²) in [6, 6.07) is 14.6. The van der Waals surface area contributed by atoms with Crippen LogP contribution in [0.4, 0.5) is 4.39 Å². The van der Waals surface area contributed by atoms with Crippen molar-refractivity contribution in [3.63, 3.8) is 0 Å². The Hall–Kier alpha value is -1.87. The van der Waals surface area contributed by atoms with Crippen LogP contribution in [0.15, 0.2) is 48.5 Å². The predicted octanol–water partition coefficient (Wildman–Crippen LogP) is 3.68. The highest BCUT2D eigenvalue weighted by Gasteiger charge is 2.26. The minimum atomic E-state index is -0.249. The number of hydrogen-bond donors (Lipinski definition) is 1. The topological polar surface area (TPSA) is 35.2 Å². The molecule has 21 heavy (non-hydrogen) atoms. The van der Waals surface area contributed by atoms with Gasteiger partial charge in [0.05, 0.1) is 6.61 Å². The average molecular weight is 287 g/mol. The van der Waals surface area contributed by atoms with E-state index >= 15 is 0 Å². The van der Waals surface area contributed by atoms with Crippen LogP contribution in [0.1, 0.15) is 25.0 Å². The Balaban J connectivity index is 2.32. The first-order chi connectivity index (χ1) is 10.1. The zero-order chi connectivity index (χ0) is 15.3. The van der Waals surface area contributed by atoms with Crippen molar-refractivity contribution in [3.05, 3.63) is 65.5 Å². The molecule has 3 heteroatoms. The predicted molar refractivity (Wildman–Crippen MR) is 84.1 cm³/mol. The van der Waals surface area contributed by atoms with Crippen LogP contribution in [0.25, 0.3) is 0 Å². The van der Waals surface area contributed by atoms with E-state index in [0.29, 0.717) is 13.2 Å². The summed E-state index contributed by atoms with van der Waals surface area (Å²) >= 11 is 0. The quantitative estimate of drug-likeness (QED) is 0.879. The Morgan fingerprint density at radius 1 is 1.10 bits per heavy atom. The summed E-state index contributed by atoms with van der Waals surface area (Å²) in [6.07, 6.45) is 0.755. The fourth-order valence-electron chi connectivity index (χ4n) is 2.51. The van der Waals surface area contributed by atoms with Crippen LogP contribution in [0.2, 0.25) is 0 Å². The van der Waals surface area contributed by atoms with Crippen molar-refractivity contribution in [2.45, 2.75) is 25.7 Å². The van der Waals surface area contributed by atoms with Crippen molar-refractivity contribution in [3.8, 4) is 5.75 Å². The van der Waals surface area contributed by atoms with Crippen LogP contribution in [0, 0.1) is 5.82 Å². The van der Waals surface area contributed by atoms with E-state index in [2.05, 4.69) is 13.0 Å². The Morgan fingerprint density at radius 2 is 1.76 bits per heavy atom. The van der Waals surface area contributed by atoms with Crippen LogP contribution < -0.4 is 10.5 Å². The molecule has 0 aliphatic carbocycles. The molecule has 2 aromatic carbocycles. The second-order valence-corrected chi connectivity index (χ2v) is 5.49. The standard InChI is InChI=1S/C18H22FNO/c1-3-21-17-7-5-4-6-14(17)12-18(2,13-20)15-8-10-16(19)11-9-15/h4-11H,3,12-13,20H2,1-2H3. The van der Waals surface area contributed by atoms with Gasteiger partial charge in [0.15, 0.2) is 0 Å². The molecule has 0 aromatic heterocycles. The molecule has 0 amide bonds. The Kier molecular flexibility index (Phi) is 4.97. The summed E-state index contributed by atoms with van der Waals surface area (Å²) in [4.78, 5) is 0. The van der Waals surface area contributed by atoms with E-state index in [1.807, 2.05) is 37.3 Å². The Labute approximate surface area is 125 Å². The van der Waals surface area contributed by atoms with E-state index < -0.39 is 0 Å². The van der Waals surface area contributed by atoms with Gasteiger partial charge in [-0.25, -0.2) is 4.39 Å². The van der Waals surface area contributed by atoms with Crippen molar-refractivity contribution in [1.29, 1.82) is 0 Å². The molecule has 0 spiro atoms. The lowest BCUT2D eigenvalue weighted by molar-refractivity contribution is 0.332. The first-order valence-corrected chi connectivity index (χ1v) is 7.26. The third-order valence-electron chi connectivity index (χ3n) is 3.84. The maximum atomic E-state index is 13.1. The van der Waals surface area contributed by atoms with Crippen molar-refractivity contribution in [1.82, 2.24) is 0 Å². The number of hydrogen-bond acceptors (Lipinski definition) is 2. The van der Waals surface area contributed by atoms with E-state index in [0.717, 1.165) is 23.3 Å². The zero-order valence-electron chi connectivity index (χ0n) is 12.6. The third-order valence-corrected chi connectivity index (χ3v) is 3.84. The van der Waals surface area contributed by atoms with Gasteiger partial charge < -0.3 is 10.5 Å². The number of nitrogens with two attached hydrogens (primary N) is 1. The van der Waals surface area contributed by atoms with Gasteiger partial charge in [0, 0.05) is 12.0 Å². The minimum absolute atomic E-state index is 0.229. The third kappa shape index (κ3) is 3.61. The highest BCUT2D eigenvalue weighted by Crippen LogP contribution is 2.31. The van der Waals surface area contributed by atoms with Crippen LogP contribution in [0.5, 0.6) is 5.75 Å². The Bertz CT molecular complexity index is 582. The van der Waals surface area contributed by atoms with Crippen LogP contribution in [-0.2, 0) is 11.8 Å². The molecule has 0 saturated heterocycles. The summed E-state index contributed by atoms with van der Waals surface area (Å²) in [5.74, 6) is 0.662. The number of para-hydroxylation sites is 1. The molecule has 1 unspecified atom stereocenters. The minimum Gasteiger partial charge on any atom is -0.494 e. The number of benzene rings is 2. The van der Waals surface area contributed by atoms with Gasteiger partial charge >= 0.3 is 0 Å². The summed E-state index contributed by atoms with van der Waals surface area (Å²) in [7, 11) is 0. The molecular formula is C18H22FNO. The normalized spacial score (nSPS) is 13.7. The molecule has 0 heterocycles. The van der Waals surface area contributed by atoms with Crippen molar-refractivity contribution >= 4 is 0 Å². The first-order valence-electron chi connectivity index (χ1n) is 7.26. The van der Waals surface area contributed by atoms with Gasteiger partial charge in [-0.05, 0) is 42.7 Å². The van der Waals surface area contributed by atoms with E-state index in [4.69, 9.17) is 10.5 Å². The van der Waals surface area contributed by atoms with Crippen LogP contribution in [-0.4, -0.2) is 13.2 Å². The molecule has 0 bridgehead atoms. The van der Waals surface area contributed by atoms with Gasteiger partial charge in [-0.2, -0.15) is 0 Å². The maximum Gasteiger partial charge on any atom is 0.123 e. The summed E-state index contributed by atoms with van der Waals surface area (Å²) in [6.45, 7) is 5.19. The highest BCUT2D eigenvalue weighted by atomic mass is 19.1. The Morgan fingerprint density at radius 3 is 2.38 bits per heavy atom. The molecule has 0 radical (unpaired) electrons. The van der Waals surface area contributed by atoms with Crippen molar-refractivity contribution in [2.75, 3.05) is 13.2 Å². The molecule has 0 fully saturated rings. The molecule has 2 aromatic rings. The van der Waals surface area contributed by atoms with Gasteiger partial charge in [0.1, 0.15) is 11.6 Å². The molecule has 0 saturated carbocycles. The van der Waals surface area contributed by atoms with E-state index in [1.165, 1.54) is 12.1 Å². The van der Waals surface area contributed by atoms with E-state index in [1.54, 1.807) is 0 Å². The summed E-state index contributed by atoms with van der Waals surface area (Å²) in [5, 5.41) is 0. The lowest BCUT2D eigenvalue weighted by Crippen LogP contribution is -2.34. The highest BCUT2D eigenvalue weighted by molar-refractivity contribution is 5.37. The molecule has 2 rings (SSSR count). The van der Waals surface area contributed by atoms with Crippen LogP contribution >= 0.6 is 0 Å². The fraction of sp³-hybridized carbons (Fsp3) is 0.333. The second-order valence-electron chi connectivity index (χ2n) is 5.49. The molecule has 2 N–H and O–H groups in total. The smallest absolute Gasteiger partial charge is 0.123 e. The molecular weight excluding hydrogens is 265 g/mol. The van der Waals surface area contributed by atoms with Gasteiger partial charge in [0.2, 0.25) is 0 Å². The SMILES string of the molecule is CCOc1ccccc1CC(C)(CN)c1ccc(F)cc1. The summed E-state index contributed by atoms with van der Waals surface area (Å²) < 4.78 is 18.8. The fourth-order valence-corrected chi connectivity index (χ4v) is 2.51. The molecule has 0 aliphatic rings. The molecule has 2 nitrogen and oxygen atoms in total. The van der Waals surface area contributed by atoms with Gasteiger partial charge in [-0.1, -0.05) is 37.3 Å². The van der Waals surface area contributed by atoms with Gasteiger partial charge in [0.25, 0.3) is 0 Å². The number of halogens is 1. The van der Waals surface area contributed by atoms with E-state index in [9.17, 15) is 4.39 Å². The van der Waals surface area contributed by atoms with Crippen molar-refractivity contribution < 1.29 is 9.13 Å². The lowest BCUT2D eigenvalue weighted by atomic mass is 9.77. The van der Waals surface area contributed by atoms with Crippen molar-refractivity contribution in [2.24, 2.45) is 5.73 Å².